The zero-order valence-corrected chi connectivity index (χ0v) is 20.2. The number of rotatable bonds is 6. The molecule has 0 aliphatic heterocycles. The maximum Gasteiger partial charge on any atom is 0.234 e. The Balaban J connectivity index is 1.62. The molecular formula is C22H15BrCl2N4O2S. The van der Waals surface area contributed by atoms with Crippen LogP contribution in [0.1, 0.15) is 0 Å². The summed E-state index contributed by atoms with van der Waals surface area (Å²) in [6, 6.07) is 19.4. The second-order valence-electron chi connectivity index (χ2n) is 6.63. The molecule has 0 aliphatic carbocycles. The number of hydrogen-bond acceptors (Lipinski definition) is 5. The predicted octanol–water partition coefficient (Wildman–Crippen LogP) is 6.44. The second kappa shape index (κ2) is 9.95. The van der Waals surface area contributed by atoms with Crippen molar-refractivity contribution in [2.45, 2.75) is 5.16 Å². The minimum Gasteiger partial charge on any atom is -0.507 e. The highest BCUT2D eigenvalue weighted by atomic mass is 79.9. The number of anilines is 1. The number of para-hydroxylation sites is 1. The topological polar surface area (TPSA) is 80.0 Å². The van der Waals surface area contributed by atoms with Crippen LogP contribution < -0.4 is 5.32 Å². The van der Waals surface area contributed by atoms with Crippen LogP contribution in [-0.4, -0.2) is 31.5 Å². The fourth-order valence-corrected chi connectivity index (χ4v) is 4.63. The van der Waals surface area contributed by atoms with Crippen molar-refractivity contribution >= 4 is 62.5 Å². The van der Waals surface area contributed by atoms with E-state index in [1.807, 2.05) is 30.3 Å². The van der Waals surface area contributed by atoms with Crippen LogP contribution >= 0.6 is 50.9 Å². The molecule has 4 aromatic rings. The Morgan fingerprint density at radius 1 is 1.03 bits per heavy atom. The number of amides is 1. The molecule has 0 radical (unpaired) electrons. The van der Waals surface area contributed by atoms with Gasteiger partial charge in [-0.05, 0) is 48.5 Å². The van der Waals surface area contributed by atoms with Crippen LogP contribution in [0.5, 0.6) is 5.75 Å². The van der Waals surface area contributed by atoms with Gasteiger partial charge in [0, 0.05) is 25.9 Å². The summed E-state index contributed by atoms with van der Waals surface area (Å²) in [6.07, 6.45) is 0. The predicted molar refractivity (Wildman–Crippen MR) is 132 cm³/mol. The van der Waals surface area contributed by atoms with Gasteiger partial charge in [-0.15, -0.1) is 10.2 Å². The van der Waals surface area contributed by atoms with Crippen molar-refractivity contribution in [1.29, 1.82) is 0 Å². The first-order valence-electron chi connectivity index (χ1n) is 9.29. The zero-order valence-electron chi connectivity index (χ0n) is 16.3. The molecule has 0 unspecified atom stereocenters. The molecule has 4 rings (SSSR count). The molecule has 2 N–H and O–H groups in total. The summed E-state index contributed by atoms with van der Waals surface area (Å²) >= 11 is 16.6. The summed E-state index contributed by atoms with van der Waals surface area (Å²) in [4.78, 5) is 12.5. The lowest BCUT2D eigenvalue weighted by molar-refractivity contribution is -0.113. The summed E-state index contributed by atoms with van der Waals surface area (Å²) < 4.78 is 2.59. The van der Waals surface area contributed by atoms with Crippen LogP contribution in [0.2, 0.25) is 10.0 Å². The molecule has 0 bridgehead atoms. The standard InChI is InChI=1S/C22H15BrCl2N4O2S/c23-13-6-7-19(30)18(8-13)21-27-28-22(29(21)17-4-2-1-3-5-17)32-12-20(31)26-16-10-14(24)9-15(25)11-16/h1-11,30H,12H2,(H,26,31). The number of nitrogens with one attached hydrogen (secondary N) is 1. The lowest BCUT2D eigenvalue weighted by atomic mass is 10.2. The average molecular weight is 550 g/mol. The van der Waals surface area contributed by atoms with Crippen LogP contribution in [-0.2, 0) is 4.79 Å². The molecule has 32 heavy (non-hydrogen) atoms. The first-order chi connectivity index (χ1) is 15.4. The first kappa shape index (κ1) is 22.7. The molecule has 1 heterocycles. The molecule has 0 saturated carbocycles. The highest BCUT2D eigenvalue weighted by molar-refractivity contribution is 9.10. The van der Waals surface area contributed by atoms with E-state index in [2.05, 4.69) is 31.4 Å². The van der Waals surface area contributed by atoms with Crippen molar-refractivity contribution in [3.05, 3.63) is 81.2 Å². The molecule has 0 saturated heterocycles. The van der Waals surface area contributed by atoms with Crippen LogP contribution in [0.25, 0.3) is 17.1 Å². The van der Waals surface area contributed by atoms with E-state index in [0.717, 1.165) is 10.2 Å². The third-order valence-electron chi connectivity index (χ3n) is 4.33. The van der Waals surface area contributed by atoms with Crippen molar-refractivity contribution in [2.24, 2.45) is 0 Å². The number of benzene rings is 3. The maximum atomic E-state index is 12.5. The summed E-state index contributed by atoms with van der Waals surface area (Å²) in [6.45, 7) is 0. The van der Waals surface area contributed by atoms with Crippen molar-refractivity contribution in [2.75, 3.05) is 11.1 Å². The highest BCUT2D eigenvalue weighted by Gasteiger charge is 2.20. The number of carbonyl (C=O) groups is 1. The van der Waals surface area contributed by atoms with Gasteiger partial charge in [0.25, 0.3) is 0 Å². The molecule has 1 aromatic heterocycles. The average Bonchev–Trinajstić information content (AvgIpc) is 3.17. The van der Waals surface area contributed by atoms with Crippen molar-refractivity contribution in [1.82, 2.24) is 14.8 Å². The third kappa shape index (κ3) is 5.27. The normalized spacial score (nSPS) is 10.8. The van der Waals surface area contributed by atoms with Crippen molar-refractivity contribution < 1.29 is 9.90 Å². The number of thioether (sulfide) groups is 1. The highest BCUT2D eigenvalue weighted by Crippen LogP contribution is 2.34. The van der Waals surface area contributed by atoms with Gasteiger partial charge >= 0.3 is 0 Å². The van der Waals surface area contributed by atoms with Crippen LogP contribution in [0, 0.1) is 0 Å². The molecule has 0 spiro atoms. The maximum absolute atomic E-state index is 12.5. The van der Waals surface area contributed by atoms with Gasteiger partial charge < -0.3 is 10.4 Å². The van der Waals surface area contributed by atoms with Gasteiger partial charge in [-0.2, -0.15) is 0 Å². The van der Waals surface area contributed by atoms with Gasteiger partial charge in [-0.25, -0.2) is 0 Å². The quantitative estimate of drug-likeness (QED) is 0.270. The van der Waals surface area contributed by atoms with E-state index in [1.54, 1.807) is 41.0 Å². The van der Waals surface area contributed by atoms with Crippen molar-refractivity contribution in [3.63, 3.8) is 0 Å². The van der Waals surface area contributed by atoms with E-state index >= 15 is 0 Å². The summed E-state index contributed by atoms with van der Waals surface area (Å²) in [7, 11) is 0. The molecule has 10 heteroatoms. The Labute approximate surface area is 206 Å². The summed E-state index contributed by atoms with van der Waals surface area (Å²) in [5.74, 6) is 0.367. The van der Waals surface area contributed by atoms with E-state index in [4.69, 9.17) is 23.2 Å². The molecule has 3 aromatic carbocycles. The Morgan fingerprint density at radius 3 is 2.47 bits per heavy atom. The first-order valence-corrected chi connectivity index (χ1v) is 11.8. The lowest BCUT2D eigenvalue weighted by Gasteiger charge is -2.11. The Morgan fingerprint density at radius 2 is 1.75 bits per heavy atom. The minimum absolute atomic E-state index is 0.0740. The van der Waals surface area contributed by atoms with E-state index in [0.29, 0.717) is 32.3 Å². The van der Waals surface area contributed by atoms with Gasteiger partial charge in [-0.1, -0.05) is 69.1 Å². The summed E-state index contributed by atoms with van der Waals surface area (Å²) in [5.41, 5.74) is 1.83. The fourth-order valence-electron chi connectivity index (χ4n) is 2.99. The SMILES string of the molecule is O=C(CSc1nnc(-c2cc(Br)ccc2O)n1-c1ccccc1)Nc1cc(Cl)cc(Cl)c1. The number of hydrogen-bond donors (Lipinski definition) is 2. The molecule has 1 amide bonds. The molecule has 0 aliphatic rings. The number of carbonyl (C=O) groups excluding carboxylic acids is 1. The molecular weight excluding hydrogens is 535 g/mol. The van der Waals surface area contributed by atoms with Gasteiger partial charge in [-0.3, -0.25) is 9.36 Å². The number of nitrogens with zero attached hydrogens (tertiary/aromatic N) is 3. The number of aromatic hydroxyl groups is 1. The van der Waals surface area contributed by atoms with Crippen LogP contribution in [0.4, 0.5) is 5.69 Å². The van der Waals surface area contributed by atoms with Gasteiger partial charge in [0.05, 0.1) is 11.3 Å². The number of phenolic OH excluding ortho intramolecular Hbond substituents is 1. The number of aromatic nitrogens is 3. The zero-order chi connectivity index (χ0) is 22.7. The molecule has 162 valence electrons. The van der Waals surface area contributed by atoms with Crippen LogP contribution in [0.3, 0.4) is 0 Å². The van der Waals surface area contributed by atoms with E-state index in [1.165, 1.54) is 11.8 Å². The van der Waals surface area contributed by atoms with Crippen molar-refractivity contribution in [3.8, 4) is 22.8 Å². The third-order valence-corrected chi connectivity index (χ3v) is 6.18. The van der Waals surface area contributed by atoms with Gasteiger partial charge in [0.1, 0.15) is 5.75 Å². The molecule has 0 atom stereocenters. The van der Waals surface area contributed by atoms with E-state index < -0.39 is 0 Å². The van der Waals surface area contributed by atoms with E-state index in [9.17, 15) is 9.90 Å². The minimum atomic E-state index is -0.247. The number of phenols is 1. The van der Waals surface area contributed by atoms with Crippen LogP contribution in [0.15, 0.2) is 76.4 Å². The summed E-state index contributed by atoms with van der Waals surface area (Å²) in [5, 5.41) is 23.1. The largest absolute Gasteiger partial charge is 0.507 e. The Bertz CT molecular complexity index is 1260. The number of halogens is 3. The smallest absolute Gasteiger partial charge is 0.234 e. The Kier molecular flexibility index (Phi) is 7.05. The lowest BCUT2D eigenvalue weighted by Crippen LogP contribution is -2.14. The van der Waals surface area contributed by atoms with Gasteiger partial charge in [0.15, 0.2) is 11.0 Å². The van der Waals surface area contributed by atoms with Gasteiger partial charge in [0.2, 0.25) is 5.91 Å². The molecule has 6 nitrogen and oxygen atoms in total. The second-order valence-corrected chi connectivity index (χ2v) is 9.36. The Hall–Kier alpha value is -2.52. The molecule has 0 fully saturated rings. The van der Waals surface area contributed by atoms with E-state index in [-0.39, 0.29) is 17.4 Å². The monoisotopic (exact) mass is 548 g/mol. The fraction of sp³-hybridized carbons (Fsp3) is 0.0455.